The van der Waals surface area contributed by atoms with Crippen molar-refractivity contribution in [2.75, 3.05) is 71.4 Å². The highest BCUT2D eigenvalue weighted by Gasteiger charge is 2.14. The van der Waals surface area contributed by atoms with Crippen LogP contribution in [0.25, 0.3) is 0 Å². The van der Waals surface area contributed by atoms with Gasteiger partial charge in [-0.3, -0.25) is 4.90 Å². The van der Waals surface area contributed by atoms with Gasteiger partial charge in [0.15, 0.2) is 11.5 Å². The fourth-order valence-electron chi connectivity index (χ4n) is 3.12. The smallest absolute Gasteiger partial charge is 0.229 e. The molecule has 1 aromatic carbocycles. The number of ether oxygens (including phenoxy) is 4. The normalized spacial score (nSPS) is 14.3. The summed E-state index contributed by atoms with van der Waals surface area (Å²) in [4.78, 5) is 11.4. The summed E-state index contributed by atoms with van der Waals surface area (Å²) in [6.07, 6.45) is 1.80. The molecule has 1 aliphatic heterocycles. The van der Waals surface area contributed by atoms with Crippen molar-refractivity contribution < 1.29 is 18.9 Å². The van der Waals surface area contributed by atoms with Gasteiger partial charge in [0.05, 0.1) is 34.5 Å². The largest absolute Gasteiger partial charge is 0.493 e. The SMILES string of the molecule is COc1cc(Nc2ncc(C)c(NCCN3CCOCC3)n2)cc(OC)c1OC. The van der Waals surface area contributed by atoms with Crippen molar-refractivity contribution in [2.45, 2.75) is 6.92 Å². The first-order chi connectivity index (χ1) is 14.1. The predicted octanol–water partition coefficient (Wildman–Crippen LogP) is 2.30. The molecule has 9 nitrogen and oxygen atoms in total. The van der Waals surface area contributed by atoms with Crippen LogP contribution >= 0.6 is 0 Å². The van der Waals surface area contributed by atoms with Crippen LogP contribution in [0.2, 0.25) is 0 Å². The Balaban J connectivity index is 1.69. The maximum absolute atomic E-state index is 5.40. The second-order valence-electron chi connectivity index (χ2n) is 6.65. The number of nitrogens with zero attached hydrogens (tertiary/aromatic N) is 3. The number of aryl methyl sites for hydroxylation is 1. The van der Waals surface area contributed by atoms with Gasteiger partial charge >= 0.3 is 0 Å². The van der Waals surface area contributed by atoms with E-state index in [4.69, 9.17) is 18.9 Å². The number of anilines is 3. The number of hydrogen-bond donors (Lipinski definition) is 2. The van der Waals surface area contributed by atoms with E-state index in [1.54, 1.807) is 27.5 Å². The van der Waals surface area contributed by atoms with Crippen molar-refractivity contribution in [1.82, 2.24) is 14.9 Å². The minimum absolute atomic E-state index is 0.485. The lowest BCUT2D eigenvalue weighted by Gasteiger charge is -2.26. The van der Waals surface area contributed by atoms with Crippen LogP contribution in [-0.4, -0.2) is 75.6 Å². The highest BCUT2D eigenvalue weighted by molar-refractivity contribution is 5.66. The third kappa shape index (κ3) is 5.39. The van der Waals surface area contributed by atoms with E-state index in [1.165, 1.54) is 0 Å². The molecule has 1 saturated heterocycles. The van der Waals surface area contributed by atoms with Crippen molar-refractivity contribution in [3.63, 3.8) is 0 Å². The molecule has 2 N–H and O–H groups in total. The quantitative estimate of drug-likeness (QED) is 0.654. The second-order valence-corrected chi connectivity index (χ2v) is 6.65. The van der Waals surface area contributed by atoms with Gasteiger partial charge in [-0.2, -0.15) is 4.98 Å². The number of nitrogens with one attached hydrogen (secondary N) is 2. The molecule has 1 aliphatic rings. The molecule has 3 rings (SSSR count). The molecule has 29 heavy (non-hydrogen) atoms. The van der Waals surface area contributed by atoms with E-state index in [0.717, 1.165) is 56.5 Å². The van der Waals surface area contributed by atoms with Crippen LogP contribution in [0.15, 0.2) is 18.3 Å². The van der Waals surface area contributed by atoms with Crippen molar-refractivity contribution in [3.8, 4) is 17.2 Å². The van der Waals surface area contributed by atoms with Gasteiger partial charge in [-0.05, 0) is 6.92 Å². The summed E-state index contributed by atoms with van der Waals surface area (Å²) in [6.45, 7) is 7.28. The number of aromatic nitrogens is 2. The van der Waals surface area contributed by atoms with Crippen LogP contribution in [0.5, 0.6) is 17.2 Å². The Kier molecular flexibility index (Phi) is 7.31. The van der Waals surface area contributed by atoms with E-state index >= 15 is 0 Å². The van der Waals surface area contributed by atoms with Gasteiger partial charge in [0.25, 0.3) is 0 Å². The number of methoxy groups -OCH3 is 3. The lowest BCUT2D eigenvalue weighted by molar-refractivity contribution is 0.0398. The minimum Gasteiger partial charge on any atom is -0.493 e. The molecule has 0 atom stereocenters. The molecule has 0 saturated carbocycles. The molecular formula is C20H29N5O4. The van der Waals surface area contributed by atoms with E-state index in [2.05, 4.69) is 25.5 Å². The Labute approximate surface area is 171 Å². The topological polar surface area (TPSA) is 90.0 Å². The van der Waals surface area contributed by atoms with Gasteiger partial charge in [0, 0.05) is 55.8 Å². The van der Waals surface area contributed by atoms with Crippen LogP contribution in [0.4, 0.5) is 17.5 Å². The lowest BCUT2D eigenvalue weighted by atomic mass is 10.2. The summed E-state index contributed by atoms with van der Waals surface area (Å²) >= 11 is 0. The van der Waals surface area contributed by atoms with Gasteiger partial charge in [0.2, 0.25) is 11.7 Å². The lowest BCUT2D eigenvalue weighted by Crippen LogP contribution is -2.39. The molecule has 9 heteroatoms. The van der Waals surface area contributed by atoms with Crippen LogP contribution in [0.3, 0.4) is 0 Å². The number of morpholine rings is 1. The van der Waals surface area contributed by atoms with Crippen LogP contribution in [-0.2, 0) is 4.74 Å². The monoisotopic (exact) mass is 403 g/mol. The average Bonchev–Trinajstić information content (AvgIpc) is 2.75. The summed E-state index contributed by atoms with van der Waals surface area (Å²) in [6, 6.07) is 3.63. The summed E-state index contributed by atoms with van der Waals surface area (Å²) in [5.41, 5.74) is 1.73. The molecule has 0 amide bonds. The van der Waals surface area contributed by atoms with Crippen LogP contribution in [0.1, 0.15) is 5.56 Å². The number of benzene rings is 1. The third-order valence-corrected chi connectivity index (χ3v) is 4.72. The van der Waals surface area contributed by atoms with Crippen molar-refractivity contribution in [3.05, 3.63) is 23.9 Å². The zero-order valence-electron chi connectivity index (χ0n) is 17.4. The van der Waals surface area contributed by atoms with Gasteiger partial charge < -0.3 is 29.6 Å². The van der Waals surface area contributed by atoms with Crippen molar-refractivity contribution in [1.29, 1.82) is 0 Å². The highest BCUT2D eigenvalue weighted by Crippen LogP contribution is 2.40. The first-order valence-corrected chi connectivity index (χ1v) is 9.59. The first-order valence-electron chi connectivity index (χ1n) is 9.59. The van der Waals surface area contributed by atoms with E-state index in [0.29, 0.717) is 23.2 Å². The minimum atomic E-state index is 0.485. The van der Waals surface area contributed by atoms with E-state index in [1.807, 2.05) is 19.1 Å². The van der Waals surface area contributed by atoms with E-state index in [9.17, 15) is 0 Å². The zero-order valence-corrected chi connectivity index (χ0v) is 17.4. The Morgan fingerprint density at radius 1 is 1.07 bits per heavy atom. The van der Waals surface area contributed by atoms with Crippen molar-refractivity contribution >= 4 is 17.5 Å². The van der Waals surface area contributed by atoms with Gasteiger partial charge in [-0.25, -0.2) is 4.98 Å². The summed E-state index contributed by atoms with van der Waals surface area (Å²) in [5.74, 6) is 2.95. The molecule has 2 aromatic rings. The van der Waals surface area contributed by atoms with Gasteiger partial charge in [-0.1, -0.05) is 0 Å². The zero-order chi connectivity index (χ0) is 20.6. The van der Waals surface area contributed by atoms with E-state index < -0.39 is 0 Å². The second kappa shape index (κ2) is 10.1. The predicted molar refractivity (Wildman–Crippen MR) is 112 cm³/mol. The first kappa shape index (κ1) is 20.9. The molecule has 2 heterocycles. The molecule has 0 unspecified atom stereocenters. The van der Waals surface area contributed by atoms with Crippen LogP contribution in [0, 0.1) is 6.92 Å². The Morgan fingerprint density at radius 2 is 1.76 bits per heavy atom. The molecule has 0 aliphatic carbocycles. The molecule has 1 aromatic heterocycles. The molecule has 0 spiro atoms. The third-order valence-electron chi connectivity index (χ3n) is 4.72. The van der Waals surface area contributed by atoms with Crippen molar-refractivity contribution in [2.24, 2.45) is 0 Å². The molecule has 0 radical (unpaired) electrons. The Bertz CT molecular complexity index is 786. The van der Waals surface area contributed by atoms with Gasteiger partial charge in [0.1, 0.15) is 5.82 Å². The molecular weight excluding hydrogens is 374 g/mol. The molecule has 0 bridgehead atoms. The number of hydrogen-bond acceptors (Lipinski definition) is 9. The van der Waals surface area contributed by atoms with Crippen LogP contribution < -0.4 is 24.8 Å². The highest BCUT2D eigenvalue weighted by atomic mass is 16.5. The summed E-state index contributed by atoms with van der Waals surface area (Å²) in [5, 5.41) is 6.61. The Hall–Kier alpha value is -2.78. The standard InChI is InChI=1S/C20H29N5O4/c1-14-13-22-20(24-19(14)21-5-6-25-7-9-29-10-8-25)23-15-11-16(26-2)18(28-4)17(12-15)27-3/h11-13H,5-10H2,1-4H3,(H2,21,22,23,24). The maximum atomic E-state index is 5.40. The fraction of sp³-hybridized carbons (Fsp3) is 0.500. The molecule has 158 valence electrons. The number of rotatable bonds is 9. The van der Waals surface area contributed by atoms with Gasteiger partial charge in [-0.15, -0.1) is 0 Å². The molecule has 1 fully saturated rings. The average molecular weight is 403 g/mol. The summed E-state index contributed by atoms with van der Waals surface area (Å²) in [7, 11) is 4.74. The maximum Gasteiger partial charge on any atom is 0.229 e. The Morgan fingerprint density at radius 3 is 2.38 bits per heavy atom. The van der Waals surface area contributed by atoms with E-state index in [-0.39, 0.29) is 0 Å². The fourth-order valence-corrected chi connectivity index (χ4v) is 3.12. The summed E-state index contributed by atoms with van der Waals surface area (Å²) < 4.78 is 21.5.